The number of fused-ring (bicyclic) bond motifs is 1. The van der Waals surface area contributed by atoms with E-state index in [2.05, 4.69) is 10.6 Å². The van der Waals surface area contributed by atoms with Crippen molar-refractivity contribution in [2.45, 2.75) is 77.5 Å². The van der Waals surface area contributed by atoms with E-state index in [0.717, 1.165) is 28.2 Å². The number of nitrogens with zero attached hydrogens (tertiary/aromatic N) is 2. The molecule has 0 radical (unpaired) electrons. The molecule has 4 N–H and O–H groups in total. The fourth-order valence-electron chi connectivity index (χ4n) is 4.93. The van der Waals surface area contributed by atoms with Crippen LogP contribution < -0.4 is 26.2 Å². The Bertz CT molecular complexity index is 1200. The van der Waals surface area contributed by atoms with E-state index in [9.17, 15) is 19.2 Å². The molecule has 1 unspecified atom stereocenters. The average Bonchev–Trinajstić information content (AvgIpc) is 3.51. The Balaban J connectivity index is 1.64. The van der Waals surface area contributed by atoms with E-state index in [1.54, 1.807) is 35.0 Å². The van der Waals surface area contributed by atoms with E-state index in [0.29, 0.717) is 32.4 Å². The molecule has 38 heavy (non-hydrogen) atoms. The molecule has 9 nitrogen and oxygen atoms in total. The summed E-state index contributed by atoms with van der Waals surface area (Å²) >= 11 is 1.55. The number of nitrogens with two attached hydrogens (primary N) is 1. The van der Waals surface area contributed by atoms with E-state index in [1.807, 2.05) is 49.6 Å². The van der Waals surface area contributed by atoms with Gasteiger partial charge in [0.05, 0.1) is 23.5 Å². The van der Waals surface area contributed by atoms with E-state index in [-0.39, 0.29) is 17.7 Å². The molecule has 3 heterocycles. The van der Waals surface area contributed by atoms with Crippen LogP contribution in [-0.4, -0.2) is 47.8 Å². The van der Waals surface area contributed by atoms with Gasteiger partial charge in [0.25, 0.3) is 0 Å². The molecule has 204 valence electrons. The van der Waals surface area contributed by atoms with Crippen LogP contribution in [0.1, 0.15) is 57.4 Å². The van der Waals surface area contributed by atoms with Crippen molar-refractivity contribution in [3.63, 3.8) is 0 Å². The van der Waals surface area contributed by atoms with Gasteiger partial charge in [-0.3, -0.25) is 19.2 Å². The van der Waals surface area contributed by atoms with Crippen LogP contribution in [0.2, 0.25) is 0 Å². The Morgan fingerprint density at radius 2 is 1.95 bits per heavy atom. The third-order valence-electron chi connectivity index (χ3n) is 6.85. The largest absolute Gasteiger partial charge is 0.343 e. The van der Waals surface area contributed by atoms with Crippen LogP contribution in [0.4, 0.5) is 11.4 Å². The van der Waals surface area contributed by atoms with Gasteiger partial charge in [0, 0.05) is 24.3 Å². The predicted octanol–water partition coefficient (Wildman–Crippen LogP) is 2.72. The van der Waals surface area contributed by atoms with Crippen LogP contribution >= 0.6 is 11.3 Å². The van der Waals surface area contributed by atoms with Crippen molar-refractivity contribution < 1.29 is 19.2 Å². The topological polar surface area (TPSA) is 125 Å². The van der Waals surface area contributed by atoms with Crippen molar-refractivity contribution in [2.75, 3.05) is 16.3 Å². The highest BCUT2D eigenvalue weighted by Crippen LogP contribution is 2.40. The minimum Gasteiger partial charge on any atom is -0.343 e. The molecule has 2 aromatic rings. The second-order valence-corrected chi connectivity index (χ2v) is 12.1. The van der Waals surface area contributed by atoms with Crippen molar-refractivity contribution in [3.05, 3.63) is 46.2 Å². The Kier molecular flexibility index (Phi) is 8.22. The monoisotopic (exact) mass is 539 g/mol. The zero-order chi connectivity index (χ0) is 27.6. The van der Waals surface area contributed by atoms with Gasteiger partial charge in [-0.1, -0.05) is 32.0 Å². The minimum atomic E-state index is -1.14. The lowest BCUT2D eigenvalue weighted by Crippen LogP contribution is -2.59. The lowest BCUT2D eigenvalue weighted by Gasteiger charge is -2.37. The van der Waals surface area contributed by atoms with Gasteiger partial charge in [0.15, 0.2) is 0 Å². The Labute approximate surface area is 227 Å². The van der Waals surface area contributed by atoms with E-state index < -0.39 is 29.4 Å². The molecule has 10 heteroatoms. The summed E-state index contributed by atoms with van der Waals surface area (Å²) in [6.07, 6.45) is 1.97. The minimum absolute atomic E-state index is 0.0486. The number of hydrogen-bond donors (Lipinski definition) is 3. The summed E-state index contributed by atoms with van der Waals surface area (Å²) in [6, 6.07) is 7.99. The number of rotatable bonds is 9. The first-order valence-electron chi connectivity index (χ1n) is 13.1. The van der Waals surface area contributed by atoms with Gasteiger partial charge in [-0.05, 0) is 55.7 Å². The molecule has 1 aromatic heterocycles. The molecule has 2 atom stereocenters. The van der Waals surface area contributed by atoms with Gasteiger partial charge in [-0.2, -0.15) is 0 Å². The zero-order valence-corrected chi connectivity index (χ0v) is 23.3. The van der Waals surface area contributed by atoms with Crippen LogP contribution in [0.5, 0.6) is 0 Å². The standard InChI is InChI=1S/C28H37N5O4S/c1-17(2)14-20(31-27(37)28(3,4)29)25(35)30-21-15-18-8-5-10-22(32-12-6-11-23(32)34)24(18)33(26(21)36)16-19-9-7-13-38-19/h5,7-10,13,17,20-21H,6,11-12,14-16,29H2,1-4H3,(H,30,35)(H,31,37)/t20-,21?/m1/s1. The van der Waals surface area contributed by atoms with Gasteiger partial charge >= 0.3 is 0 Å². The first kappa shape index (κ1) is 27.8. The highest BCUT2D eigenvalue weighted by atomic mass is 32.1. The van der Waals surface area contributed by atoms with Gasteiger partial charge in [0.2, 0.25) is 23.6 Å². The molecule has 0 spiro atoms. The number of carbonyl (C=O) groups is 4. The van der Waals surface area contributed by atoms with Crippen LogP contribution in [0, 0.1) is 5.92 Å². The molecule has 0 aliphatic carbocycles. The summed E-state index contributed by atoms with van der Waals surface area (Å²) in [5.74, 6) is -0.914. The van der Waals surface area contributed by atoms with Crippen molar-refractivity contribution in [3.8, 4) is 0 Å². The predicted molar refractivity (Wildman–Crippen MR) is 149 cm³/mol. The molecule has 0 bridgehead atoms. The number of nitrogens with one attached hydrogen (secondary N) is 2. The molecular weight excluding hydrogens is 502 g/mol. The molecule has 4 rings (SSSR count). The first-order valence-corrected chi connectivity index (χ1v) is 14.0. The van der Waals surface area contributed by atoms with E-state index >= 15 is 0 Å². The van der Waals surface area contributed by atoms with Gasteiger partial charge in [-0.25, -0.2) is 0 Å². The third kappa shape index (κ3) is 6.07. The smallest absolute Gasteiger partial charge is 0.250 e. The fourth-order valence-corrected chi connectivity index (χ4v) is 5.62. The number of benzene rings is 1. The number of carbonyl (C=O) groups excluding carboxylic acids is 4. The third-order valence-corrected chi connectivity index (χ3v) is 7.71. The second-order valence-electron chi connectivity index (χ2n) is 11.1. The van der Waals surface area contributed by atoms with Crippen molar-refractivity contribution in [1.82, 2.24) is 10.6 Å². The summed E-state index contributed by atoms with van der Waals surface area (Å²) in [5, 5.41) is 7.64. The Hall–Kier alpha value is -3.24. The van der Waals surface area contributed by atoms with Crippen molar-refractivity contribution in [2.24, 2.45) is 11.7 Å². The van der Waals surface area contributed by atoms with Gasteiger partial charge in [-0.15, -0.1) is 11.3 Å². The summed E-state index contributed by atoms with van der Waals surface area (Å²) < 4.78 is 0. The van der Waals surface area contributed by atoms with Crippen LogP contribution in [0.15, 0.2) is 35.7 Å². The number of para-hydroxylation sites is 1. The number of amides is 4. The molecule has 4 amide bonds. The number of anilines is 2. The van der Waals surface area contributed by atoms with Crippen LogP contribution in [-0.2, 0) is 32.1 Å². The summed E-state index contributed by atoms with van der Waals surface area (Å²) in [6.45, 7) is 8.05. The maximum absolute atomic E-state index is 13.9. The molecule has 2 aliphatic rings. The molecular formula is C28H37N5O4S. The van der Waals surface area contributed by atoms with Crippen molar-refractivity contribution in [1.29, 1.82) is 0 Å². The lowest BCUT2D eigenvalue weighted by molar-refractivity contribution is -0.133. The van der Waals surface area contributed by atoms with E-state index in [1.165, 1.54) is 0 Å². The van der Waals surface area contributed by atoms with Gasteiger partial charge < -0.3 is 26.2 Å². The highest BCUT2D eigenvalue weighted by molar-refractivity contribution is 7.09. The molecule has 0 saturated carbocycles. The average molecular weight is 540 g/mol. The van der Waals surface area contributed by atoms with Crippen LogP contribution in [0.25, 0.3) is 0 Å². The molecule has 1 saturated heterocycles. The van der Waals surface area contributed by atoms with Crippen molar-refractivity contribution >= 4 is 46.3 Å². The van der Waals surface area contributed by atoms with Crippen LogP contribution in [0.3, 0.4) is 0 Å². The second kappa shape index (κ2) is 11.2. The SMILES string of the molecule is CC(C)C[C@@H](NC(=O)C(C)(C)N)C(=O)NC1Cc2cccc(N3CCCC3=O)c2N(Cc2cccs2)C1=O. The molecule has 1 aromatic carbocycles. The van der Waals surface area contributed by atoms with E-state index in [4.69, 9.17) is 5.73 Å². The molecule has 1 fully saturated rings. The Morgan fingerprint density at radius 1 is 1.18 bits per heavy atom. The normalized spacial score (nSPS) is 18.5. The first-order chi connectivity index (χ1) is 18.0. The summed E-state index contributed by atoms with van der Waals surface area (Å²) in [5.41, 5.74) is 7.14. The maximum atomic E-state index is 13.9. The van der Waals surface area contributed by atoms with Gasteiger partial charge in [0.1, 0.15) is 12.1 Å². The summed E-state index contributed by atoms with van der Waals surface area (Å²) in [7, 11) is 0. The lowest BCUT2D eigenvalue weighted by atomic mass is 9.94. The fraction of sp³-hybridized carbons (Fsp3) is 0.500. The summed E-state index contributed by atoms with van der Waals surface area (Å²) in [4.78, 5) is 57.0. The quantitative estimate of drug-likeness (QED) is 0.452. The Morgan fingerprint density at radius 3 is 2.55 bits per heavy atom. The highest BCUT2D eigenvalue weighted by Gasteiger charge is 2.39. The maximum Gasteiger partial charge on any atom is 0.250 e. The number of thiophene rings is 1. The number of hydrogen-bond acceptors (Lipinski definition) is 6. The molecule has 2 aliphatic heterocycles. The zero-order valence-electron chi connectivity index (χ0n) is 22.5.